The van der Waals surface area contributed by atoms with Gasteiger partial charge in [-0.05, 0) is 64.9 Å². The summed E-state index contributed by atoms with van der Waals surface area (Å²) < 4.78 is 6.12. The fraction of sp³-hybridized carbons (Fsp3) is 0.867. The zero-order chi connectivity index (χ0) is 14.4. The van der Waals surface area contributed by atoms with Crippen molar-refractivity contribution in [3.8, 4) is 0 Å². The number of alkyl halides is 3. The third-order valence-corrected chi connectivity index (χ3v) is 8.17. The van der Waals surface area contributed by atoms with Gasteiger partial charge in [-0.15, -0.1) is 11.6 Å². The van der Waals surface area contributed by atoms with Crippen molar-refractivity contribution >= 4 is 43.5 Å². The van der Waals surface area contributed by atoms with E-state index in [1.807, 2.05) is 0 Å². The van der Waals surface area contributed by atoms with Crippen LogP contribution in [0.5, 0.6) is 0 Å². The number of ether oxygens (including phenoxy) is 1. The Hall–Kier alpha value is 0.790. The van der Waals surface area contributed by atoms with Crippen LogP contribution in [0.1, 0.15) is 53.4 Å². The zero-order valence-electron chi connectivity index (χ0n) is 12.1. The van der Waals surface area contributed by atoms with E-state index in [1.54, 1.807) is 0 Å². The number of hydrogen-bond donors (Lipinski definition) is 0. The minimum Gasteiger partial charge on any atom is -0.491 e. The molecule has 4 heteroatoms. The van der Waals surface area contributed by atoms with Crippen LogP contribution in [0.3, 0.4) is 0 Å². The third-order valence-electron chi connectivity index (χ3n) is 4.64. The molecule has 0 spiro atoms. The van der Waals surface area contributed by atoms with Crippen LogP contribution >= 0.6 is 43.5 Å². The first-order valence-electron chi connectivity index (χ1n) is 6.99. The molecule has 0 unspecified atom stereocenters. The first kappa shape index (κ1) is 16.2. The van der Waals surface area contributed by atoms with E-state index in [-0.39, 0.29) is 10.5 Å². The number of hydrogen-bond acceptors (Lipinski definition) is 1. The lowest BCUT2D eigenvalue weighted by molar-refractivity contribution is 0.0171. The molecule has 1 nitrogen and oxygen atoms in total. The van der Waals surface area contributed by atoms with Crippen LogP contribution in [0.4, 0.5) is 0 Å². The van der Waals surface area contributed by atoms with Crippen molar-refractivity contribution in [2.45, 2.75) is 73.5 Å². The maximum Gasteiger partial charge on any atom is 0.116 e. The van der Waals surface area contributed by atoms with E-state index in [1.165, 1.54) is 5.57 Å². The van der Waals surface area contributed by atoms with Gasteiger partial charge >= 0.3 is 0 Å². The van der Waals surface area contributed by atoms with Gasteiger partial charge in [-0.2, -0.15) is 0 Å². The molecule has 110 valence electrons. The maximum atomic E-state index is 6.53. The molecule has 0 aromatic heterocycles. The zero-order valence-corrected chi connectivity index (χ0v) is 16.0. The summed E-state index contributed by atoms with van der Waals surface area (Å²) in [6, 6.07) is 0. The molecule has 0 radical (unpaired) electrons. The van der Waals surface area contributed by atoms with Crippen LogP contribution in [0.2, 0.25) is 0 Å². The van der Waals surface area contributed by atoms with Gasteiger partial charge in [-0.25, -0.2) is 0 Å². The average Bonchev–Trinajstić information content (AvgIpc) is 2.27. The largest absolute Gasteiger partial charge is 0.491 e. The summed E-state index contributed by atoms with van der Waals surface area (Å²) in [4.78, 5) is 0.661. The van der Waals surface area contributed by atoms with Gasteiger partial charge in [0.2, 0.25) is 0 Å². The summed E-state index contributed by atoms with van der Waals surface area (Å²) in [5.74, 6) is 1.73. The van der Waals surface area contributed by atoms with E-state index in [9.17, 15) is 0 Å². The Morgan fingerprint density at radius 2 is 1.84 bits per heavy atom. The Bertz CT molecular complexity index is 390. The molecule has 0 bridgehead atoms. The van der Waals surface area contributed by atoms with Crippen molar-refractivity contribution in [1.82, 2.24) is 0 Å². The summed E-state index contributed by atoms with van der Waals surface area (Å²) in [6.45, 7) is 8.56. The molecule has 0 saturated heterocycles. The molecule has 0 aromatic carbocycles. The Kier molecular flexibility index (Phi) is 4.71. The van der Waals surface area contributed by atoms with Crippen LogP contribution in [-0.4, -0.2) is 20.1 Å². The fourth-order valence-corrected chi connectivity index (χ4v) is 4.42. The average molecular weight is 415 g/mol. The SMILES string of the molecule is CC1=C([C@H]2CC[C@](C)(Cl)[C@@H](Br)C2)C[C@H](Br)C(C)(C)O1. The topological polar surface area (TPSA) is 9.23 Å². The van der Waals surface area contributed by atoms with Crippen LogP contribution < -0.4 is 0 Å². The van der Waals surface area contributed by atoms with Crippen molar-refractivity contribution < 1.29 is 4.74 Å². The highest BCUT2D eigenvalue weighted by Gasteiger charge is 2.42. The molecule has 1 fully saturated rings. The highest BCUT2D eigenvalue weighted by atomic mass is 79.9. The lowest BCUT2D eigenvalue weighted by Crippen LogP contribution is -2.42. The standard InChI is InChI=1S/C15H23Br2ClO/c1-9-11(8-12(16)14(2,3)19-9)10-5-6-15(4,18)13(17)7-10/h10,12-13H,5-8H2,1-4H3/t10-,12-,13-,15-/m0/s1. The van der Waals surface area contributed by atoms with Crippen molar-refractivity contribution in [2.24, 2.45) is 5.92 Å². The molecule has 4 atom stereocenters. The molecule has 1 heterocycles. The number of rotatable bonds is 1. The van der Waals surface area contributed by atoms with E-state index < -0.39 is 0 Å². The number of halogens is 3. The molecule has 19 heavy (non-hydrogen) atoms. The van der Waals surface area contributed by atoms with Crippen LogP contribution in [-0.2, 0) is 4.74 Å². The normalized spacial score (nSPS) is 43.0. The van der Waals surface area contributed by atoms with E-state index in [0.717, 1.165) is 31.4 Å². The molecule has 1 aliphatic heterocycles. The lowest BCUT2D eigenvalue weighted by Gasteiger charge is -2.43. The Morgan fingerprint density at radius 3 is 2.42 bits per heavy atom. The van der Waals surface area contributed by atoms with Gasteiger partial charge < -0.3 is 4.74 Å². The van der Waals surface area contributed by atoms with E-state index in [2.05, 4.69) is 59.6 Å². The molecule has 2 rings (SSSR count). The van der Waals surface area contributed by atoms with Gasteiger partial charge in [0.05, 0.1) is 15.5 Å². The van der Waals surface area contributed by atoms with Gasteiger partial charge in [-0.3, -0.25) is 0 Å². The summed E-state index contributed by atoms with van der Waals surface area (Å²) in [5, 5.41) is 0. The monoisotopic (exact) mass is 412 g/mol. The molecule has 1 saturated carbocycles. The van der Waals surface area contributed by atoms with Gasteiger partial charge in [0.25, 0.3) is 0 Å². The van der Waals surface area contributed by atoms with E-state index in [4.69, 9.17) is 16.3 Å². The molecule has 0 aromatic rings. The van der Waals surface area contributed by atoms with E-state index >= 15 is 0 Å². The second-order valence-corrected chi connectivity index (χ2v) is 9.75. The van der Waals surface area contributed by atoms with Crippen LogP contribution in [0.25, 0.3) is 0 Å². The van der Waals surface area contributed by atoms with E-state index in [0.29, 0.717) is 15.6 Å². The smallest absolute Gasteiger partial charge is 0.116 e. The molecule has 0 amide bonds. The molecular formula is C15H23Br2ClO. The predicted molar refractivity (Wildman–Crippen MR) is 89.5 cm³/mol. The third kappa shape index (κ3) is 3.35. The van der Waals surface area contributed by atoms with Crippen molar-refractivity contribution in [3.05, 3.63) is 11.3 Å². The van der Waals surface area contributed by atoms with Gasteiger partial charge in [-0.1, -0.05) is 31.9 Å². The summed E-state index contributed by atoms with van der Waals surface area (Å²) in [6.07, 6.45) is 4.42. The highest BCUT2D eigenvalue weighted by molar-refractivity contribution is 9.09. The summed E-state index contributed by atoms with van der Waals surface area (Å²) >= 11 is 14.1. The van der Waals surface area contributed by atoms with Gasteiger partial charge in [0, 0.05) is 4.83 Å². The minimum absolute atomic E-state index is 0.104. The molecule has 2 aliphatic rings. The molecule has 0 N–H and O–H groups in total. The van der Waals surface area contributed by atoms with Crippen LogP contribution in [0.15, 0.2) is 11.3 Å². The predicted octanol–water partition coefficient (Wildman–Crippen LogP) is 5.78. The second-order valence-electron chi connectivity index (χ2n) is 6.68. The quantitative estimate of drug-likeness (QED) is 0.494. The minimum atomic E-state index is -0.114. The Morgan fingerprint density at radius 1 is 1.21 bits per heavy atom. The van der Waals surface area contributed by atoms with Crippen molar-refractivity contribution in [2.75, 3.05) is 0 Å². The van der Waals surface area contributed by atoms with Crippen molar-refractivity contribution in [3.63, 3.8) is 0 Å². The molecule has 1 aliphatic carbocycles. The summed E-state index contributed by atoms with van der Waals surface area (Å²) in [7, 11) is 0. The Labute approximate surface area is 138 Å². The maximum absolute atomic E-state index is 6.53. The first-order chi connectivity index (χ1) is 8.63. The number of allylic oxidation sites excluding steroid dienone is 2. The van der Waals surface area contributed by atoms with Crippen LogP contribution in [0, 0.1) is 5.92 Å². The lowest BCUT2D eigenvalue weighted by atomic mass is 9.75. The Balaban J connectivity index is 2.15. The second kappa shape index (κ2) is 5.53. The summed E-state index contributed by atoms with van der Waals surface area (Å²) in [5.41, 5.74) is 1.37. The molecular weight excluding hydrogens is 391 g/mol. The van der Waals surface area contributed by atoms with Gasteiger partial charge in [0.15, 0.2) is 0 Å². The first-order valence-corrected chi connectivity index (χ1v) is 9.20. The van der Waals surface area contributed by atoms with Gasteiger partial charge in [0.1, 0.15) is 5.60 Å². The highest BCUT2D eigenvalue weighted by Crippen LogP contribution is 2.47. The fourth-order valence-electron chi connectivity index (χ4n) is 3.10. The van der Waals surface area contributed by atoms with Crippen molar-refractivity contribution in [1.29, 1.82) is 0 Å².